The minimum Gasteiger partial charge on any atom is -0.456 e. The first-order valence-electron chi connectivity index (χ1n) is 14.3. The average molecular weight is 621 g/mol. The molecule has 1 fully saturated rings. The molecule has 0 radical (unpaired) electrons. The van der Waals surface area contributed by atoms with Gasteiger partial charge in [-0.3, -0.25) is 9.59 Å². The molecule has 1 unspecified atom stereocenters. The zero-order chi connectivity index (χ0) is 30.9. The zero-order valence-corrected chi connectivity index (χ0v) is 26.0. The van der Waals surface area contributed by atoms with E-state index in [9.17, 15) is 14.4 Å². The van der Waals surface area contributed by atoms with Crippen molar-refractivity contribution in [3.8, 4) is 0 Å². The third-order valence-electron chi connectivity index (χ3n) is 7.41. The largest absolute Gasteiger partial charge is 0.456 e. The van der Waals surface area contributed by atoms with Crippen LogP contribution in [0.3, 0.4) is 0 Å². The molecule has 8 heteroatoms. The molecule has 0 saturated carbocycles. The van der Waals surface area contributed by atoms with Crippen molar-refractivity contribution in [2.45, 2.75) is 32.4 Å². The van der Waals surface area contributed by atoms with E-state index in [1.807, 2.05) is 121 Å². The summed E-state index contributed by atoms with van der Waals surface area (Å²) in [4.78, 5) is 41.8. The highest BCUT2D eigenvalue weighted by atomic mass is 32.1. The summed E-state index contributed by atoms with van der Waals surface area (Å²) in [5.41, 5.74) is 1.17. The van der Waals surface area contributed by atoms with E-state index >= 15 is 0 Å². The molecule has 0 aliphatic carbocycles. The molecule has 0 spiro atoms. The van der Waals surface area contributed by atoms with Gasteiger partial charge in [0.05, 0.1) is 6.04 Å². The van der Waals surface area contributed by atoms with E-state index < -0.39 is 12.9 Å². The van der Waals surface area contributed by atoms with Gasteiger partial charge >= 0.3 is 5.97 Å². The van der Waals surface area contributed by atoms with E-state index in [1.54, 1.807) is 11.0 Å². The molecule has 44 heavy (non-hydrogen) atoms. The molecule has 0 bridgehead atoms. The van der Waals surface area contributed by atoms with Crippen molar-refractivity contribution >= 4 is 63.1 Å². The lowest BCUT2D eigenvalue weighted by molar-refractivity contribution is -0.144. The summed E-state index contributed by atoms with van der Waals surface area (Å²) in [5.74, 6) is -0.914. The third-order valence-corrected chi connectivity index (χ3v) is 12.0. The maximum absolute atomic E-state index is 14.6. The average Bonchev–Trinajstić information content (AvgIpc) is 3.05. The van der Waals surface area contributed by atoms with Crippen LogP contribution < -0.4 is 21.2 Å². The second kappa shape index (κ2) is 14.3. The number of allylic oxidation sites excluding steroid dienone is 1. The minimum atomic E-state index is -2.99. The summed E-state index contributed by atoms with van der Waals surface area (Å²) in [6.07, 6.45) is 3.75. The number of hydrogen-bond donors (Lipinski definition) is 1. The van der Waals surface area contributed by atoms with Gasteiger partial charge in [0, 0.05) is 37.7 Å². The zero-order valence-electron chi connectivity index (χ0n) is 24.3. The first-order chi connectivity index (χ1) is 21.4. The van der Waals surface area contributed by atoms with Crippen molar-refractivity contribution in [2.75, 3.05) is 0 Å². The Morgan fingerprint density at radius 1 is 0.841 bits per heavy atom. The molecule has 1 aliphatic heterocycles. The molecule has 5 rings (SSSR count). The standard InChI is InChI=1S/C36H33N2O4PS/c1-27(39)37-23-22-33(44)24-29-25-34(40)38(29)35(36(41)42-26-28-14-6-2-7-15-28)43(30-16-8-3-9-17-30,31-18-10-4-11-19-31)32-20-12-5-13-21-32/h2-23,29H,24-26H2,1H3,(H,37,39)/b23-22-. The quantitative estimate of drug-likeness (QED) is 0.0853. The van der Waals surface area contributed by atoms with Crippen LogP contribution in [-0.2, 0) is 25.7 Å². The normalized spacial score (nSPS) is 14.5. The van der Waals surface area contributed by atoms with Crippen molar-refractivity contribution < 1.29 is 19.1 Å². The van der Waals surface area contributed by atoms with Crippen LogP contribution in [0.5, 0.6) is 0 Å². The molecule has 6 nitrogen and oxygen atoms in total. The lowest BCUT2D eigenvalue weighted by Gasteiger charge is -2.45. The van der Waals surface area contributed by atoms with Gasteiger partial charge in [-0.15, -0.1) is 0 Å². The number of nitrogens with zero attached hydrogens (tertiary/aromatic N) is 1. The third kappa shape index (κ3) is 6.65. The summed E-state index contributed by atoms with van der Waals surface area (Å²) < 4.78 is 6.07. The maximum Gasteiger partial charge on any atom is 0.356 e. The van der Waals surface area contributed by atoms with Crippen molar-refractivity contribution in [2.24, 2.45) is 0 Å². The van der Waals surface area contributed by atoms with Crippen molar-refractivity contribution in [3.05, 3.63) is 139 Å². The van der Waals surface area contributed by atoms with Gasteiger partial charge in [0.25, 0.3) is 0 Å². The number of hydrogen-bond acceptors (Lipinski definition) is 5. The number of thiocarbonyl (C=S) groups is 1. The van der Waals surface area contributed by atoms with Gasteiger partial charge < -0.3 is 15.0 Å². The Labute approximate surface area is 263 Å². The Kier molecular flexibility index (Phi) is 10.0. The van der Waals surface area contributed by atoms with Crippen LogP contribution in [0.15, 0.2) is 134 Å². The lowest BCUT2D eigenvalue weighted by Crippen LogP contribution is -2.60. The lowest BCUT2D eigenvalue weighted by atomic mass is 9.97. The maximum atomic E-state index is 14.6. The van der Waals surface area contributed by atoms with Crippen molar-refractivity contribution in [1.82, 2.24) is 10.2 Å². The highest BCUT2D eigenvalue weighted by Crippen LogP contribution is 2.49. The van der Waals surface area contributed by atoms with E-state index in [0.717, 1.165) is 21.5 Å². The number of carbonyl (C=O) groups is 3. The first-order valence-corrected chi connectivity index (χ1v) is 16.5. The first kappa shape index (κ1) is 30.9. The van der Waals surface area contributed by atoms with Crippen LogP contribution in [0.25, 0.3) is 0 Å². The van der Waals surface area contributed by atoms with Crippen LogP contribution in [0.4, 0.5) is 0 Å². The summed E-state index contributed by atoms with van der Waals surface area (Å²) in [6.45, 7) is -1.51. The van der Waals surface area contributed by atoms with Crippen molar-refractivity contribution in [3.63, 3.8) is 0 Å². The van der Waals surface area contributed by atoms with E-state index in [2.05, 4.69) is 5.32 Å². The fraction of sp³-hybridized carbons (Fsp3) is 0.139. The highest BCUT2D eigenvalue weighted by Gasteiger charge is 2.47. The Morgan fingerprint density at radius 3 is 1.77 bits per heavy atom. The van der Waals surface area contributed by atoms with Gasteiger partial charge in [0.2, 0.25) is 11.8 Å². The smallest absolute Gasteiger partial charge is 0.356 e. The van der Waals surface area contributed by atoms with E-state index in [1.165, 1.54) is 13.1 Å². The van der Waals surface area contributed by atoms with Crippen LogP contribution >= 0.6 is 19.1 Å². The molecule has 1 saturated heterocycles. The van der Waals surface area contributed by atoms with E-state index in [-0.39, 0.29) is 30.9 Å². The summed E-state index contributed by atoms with van der Waals surface area (Å²) in [5, 5.41) is 5.39. The molecule has 4 aromatic rings. The molecular formula is C36H33N2O4PS. The van der Waals surface area contributed by atoms with Gasteiger partial charge in [-0.2, -0.15) is 0 Å². The molecular weight excluding hydrogens is 587 g/mol. The molecule has 1 atom stereocenters. The molecule has 4 aromatic carbocycles. The Bertz CT molecular complexity index is 1620. The number of nitrogens with one attached hydrogen (secondary N) is 1. The number of likely N-dealkylation sites (tertiary alicyclic amines) is 1. The predicted octanol–water partition coefficient (Wildman–Crippen LogP) is 4.86. The second-order valence-corrected chi connectivity index (χ2v) is 14.2. The number of β-lactam (4-membered cyclic amide) rings is 1. The fourth-order valence-corrected chi connectivity index (χ4v) is 10.1. The topological polar surface area (TPSA) is 75.7 Å². The fourth-order valence-electron chi connectivity index (χ4n) is 5.44. The number of ether oxygens (including phenoxy) is 1. The van der Waals surface area contributed by atoms with Crippen LogP contribution in [0.2, 0.25) is 0 Å². The highest BCUT2D eigenvalue weighted by molar-refractivity contribution is 7.96. The number of rotatable bonds is 11. The van der Waals surface area contributed by atoms with E-state index in [0.29, 0.717) is 16.7 Å². The van der Waals surface area contributed by atoms with Gasteiger partial charge in [-0.25, -0.2) is 4.79 Å². The molecule has 222 valence electrons. The summed E-state index contributed by atoms with van der Waals surface area (Å²) in [6, 6.07) is 38.9. The number of benzene rings is 4. The number of esters is 1. The van der Waals surface area contributed by atoms with Gasteiger partial charge in [-0.05, 0) is 27.6 Å². The monoisotopic (exact) mass is 620 g/mol. The van der Waals surface area contributed by atoms with Gasteiger partial charge in [-0.1, -0.05) is 134 Å². The molecule has 1 heterocycles. The Balaban J connectivity index is 1.76. The minimum absolute atomic E-state index is 0.0616. The SMILES string of the molecule is CC(=O)N/C=C\C(=S)CC1CC(=O)N1C(C(=O)OCc1ccccc1)=P(c1ccccc1)(c1ccccc1)c1ccccc1. The van der Waals surface area contributed by atoms with Crippen LogP contribution in [0.1, 0.15) is 25.3 Å². The van der Waals surface area contributed by atoms with Gasteiger partial charge in [0.1, 0.15) is 12.0 Å². The number of carbonyl (C=O) groups excluding carboxylic acids is 3. The van der Waals surface area contributed by atoms with E-state index in [4.69, 9.17) is 17.0 Å². The molecule has 0 aromatic heterocycles. The van der Waals surface area contributed by atoms with Crippen LogP contribution in [-0.4, -0.2) is 39.0 Å². The molecule has 1 aliphatic rings. The van der Waals surface area contributed by atoms with Crippen molar-refractivity contribution in [1.29, 1.82) is 0 Å². The molecule has 1 N–H and O–H groups in total. The second-order valence-electron chi connectivity index (χ2n) is 10.4. The molecule has 2 amide bonds. The Hall–Kier alpha value is -4.58. The van der Waals surface area contributed by atoms with Crippen LogP contribution in [0, 0.1) is 0 Å². The predicted molar refractivity (Wildman–Crippen MR) is 182 cm³/mol. The van der Waals surface area contributed by atoms with Gasteiger partial charge in [0.15, 0.2) is 0 Å². The number of amides is 2. The summed E-state index contributed by atoms with van der Waals surface area (Å²) in [7, 11) is 0. The summed E-state index contributed by atoms with van der Waals surface area (Å²) >= 11 is 5.62. The Morgan fingerprint density at radius 2 is 1.32 bits per heavy atom.